The number of aliphatic hydroxyl groups excluding tert-OH is 1. The van der Waals surface area contributed by atoms with E-state index in [1.165, 1.54) is 11.8 Å². The third-order valence-electron chi connectivity index (χ3n) is 2.91. The van der Waals surface area contributed by atoms with Gasteiger partial charge in [-0.05, 0) is 29.3 Å². The van der Waals surface area contributed by atoms with Crippen LogP contribution in [0.15, 0.2) is 53.4 Å². The third-order valence-corrected chi connectivity index (χ3v) is 4.29. The van der Waals surface area contributed by atoms with E-state index in [2.05, 4.69) is 5.32 Å². The van der Waals surface area contributed by atoms with Gasteiger partial charge in [-0.1, -0.05) is 41.9 Å². The van der Waals surface area contributed by atoms with E-state index in [4.69, 9.17) is 16.7 Å². The molecule has 0 spiro atoms. The summed E-state index contributed by atoms with van der Waals surface area (Å²) in [6.07, 6.45) is 0. The van der Waals surface area contributed by atoms with E-state index in [-0.39, 0.29) is 12.5 Å². The lowest BCUT2D eigenvalue weighted by Crippen LogP contribution is -2.24. The van der Waals surface area contributed by atoms with Crippen LogP contribution >= 0.6 is 23.4 Å². The number of rotatable bonds is 6. The quantitative estimate of drug-likeness (QED) is 0.803. The zero-order valence-corrected chi connectivity index (χ0v) is 13.0. The van der Waals surface area contributed by atoms with Gasteiger partial charge < -0.3 is 10.4 Å². The standard InChI is InChI=1S/C16H16ClNO2S/c17-15-4-2-1-3-13(15)9-18-16(20)11-21-14-7-5-12(10-19)6-8-14/h1-8,19H,9-11H2,(H,18,20). The highest BCUT2D eigenvalue weighted by Crippen LogP contribution is 2.18. The molecule has 0 radical (unpaired) electrons. The Bertz CT molecular complexity index is 601. The molecule has 0 aliphatic heterocycles. The Balaban J connectivity index is 1.78. The van der Waals surface area contributed by atoms with Crippen LogP contribution < -0.4 is 5.32 Å². The van der Waals surface area contributed by atoms with Crippen molar-refractivity contribution in [1.82, 2.24) is 5.32 Å². The summed E-state index contributed by atoms with van der Waals surface area (Å²) in [6, 6.07) is 15.0. The van der Waals surface area contributed by atoms with Crippen LogP contribution in [0.4, 0.5) is 0 Å². The van der Waals surface area contributed by atoms with Gasteiger partial charge in [0.25, 0.3) is 0 Å². The molecule has 0 bridgehead atoms. The lowest BCUT2D eigenvalue weighted by Gasteiger charge is -2.07. The van der Waals surface area contributed by atoms with E-state index in [1.54, 1.807) is 6.07 Å². The lowest BCUT2D eigenvalue weighted by molar-refractivity contribution is -0.118. The first kappa shape index (κ1) is 15.9. The number of hydrogen-bond donors (Lipinski definition) is 2. The first-order valence-corrected chi connectivity index (χ1v) is 7.88. The second-order valence-electron chi connectivity index (χ2n) is 4.46. The molecule has 2 aromatic rings. The molecule has 2 rings (SSSR count). The number of amides is 1. The molecular formula is C16H16ClNO2S. The zero-order chi connectivity index (χ0) is 15.1. The number of nitrogens with one attached hydrogen (secondary N) is 1. The van der Waals surface area contributed by atoms with Gasteiger partial charge in [-0.3, -0.25) is 4.79 Å². The molecule has 0 heterocycles. The molecule has 3 nitrogen and oxygen atoms in total. The maximum Gasteiger partial charge on any atom is 0.230 e. The minimum atomic E-state index is -0.0360. The summed E-state index contributed by atoms with van der Waals surface area (Å²) >= 11 is 7.49. The van der Waals surface area contributed by atoms with Crippen LogP contribution in [-0.2, 0) is 17.9 Å². The Morgan fingerprint density at radius 2 is 1.86 bits per heavy atom. The number of hydrogen-bond acceptors (Lipinski definition) is 3. The normalized spacial score (nSPS) is 10.4. The molecule has 0 aliphatic rings. The fourth-order valence-corrected chi connectivity index (χ4v) is 2.66. The van der Waals surface area contributed by atoms with Crippen molar-refractivity contribution in [2.24, 2.45) is 0 Å². The van der Waals surface area contributed by atoms with Gasteiger partial charge in [-0.25, -0.2) is 0 Å². The fraction of sp³-hybridized carbons (Fsp3) is 0.188. The van der Waals surface area contributed by atoms with E-state index in [0.717, 1.165) is 16.0 Å². The SMILES string of the molecule is O=C(CSc1ccc(CO)cc1)NCc1ccccc1Cl. The second-order valence-corrected chi connectivity index (χ2v) is 5.91. The van der Waals surface area contributed by atoms with Crippen molar-refractivity contribution in [3.63, 3.8) is 0 Å². The molecular weight excluding hydrogens is 306 g/mol. The average molecular weight is 322 g/mol. The number of aliphatic hydroxyl groups is 1. The Labute approximate surface area is 133 Å². The predicted molar refractivity (Wildman–Crippen MR) is 86.4 cm³/mol. The Morgan fingerprint density at radius 1 is 1.14 bits per heavy atom. The minimum absolute atomic E-state index is 0.0310. The molecule has 1 amide bonds. The van der Waals surface area contributed by atoms with Crippen LogP contribution in [0.5, 0.6) is 0 Å². The van der Waals surface area contributed by atoms with Crippen LogP contribution in [0, 0.1) is 0 Å². The van der Waals surface area contributed by atoms with Crippen molar-refractivity contribution in [2.45, 2.75) is 18.0 Å². The van der Waals surface area contributed by atoms with Crippen LogP contribution in [-0.4, -0.2) is 16.8 Å². The summed E-state index contributed by atoms with van der Waals surface area (Å²) in [7, 11) is 0. The number of thioether (sulfide) groups is 1. The molecule has 110 valence electrons. The molecule has 0 saturated heterocycles. The maximum absolute atomic E-state index is 11.8. The smallest absolute Gasteiger partial charge is 0.230 e. The highest BCUT2D eigenvalue weighted by Gasteiger charge is 2.04. The van der Waals surface area contributed by atoms with Gasteiger partial charge in [0, 0.05) is 16.5 Å². The summed E-state index contributed by atoms with van der Waals surface area (Å²) in [4.78, 5) is 12.8. The van der Waals surface area contributed by atoms with Crippen molar-refractivity contribution >= 4 is 29.3 Å². The van der Waals surface area contributed by atoms with Crippen LogP contribution in [0.1, 0.15) is 11.1 Å². The van der Waals surface area contributed by atoms with Crippen molar-refractivity contribution in [3.8, 4) is 0 Å². The molecule has 0 fully saturated rings. The third kappa shape index (κ3) is 5.08. The summed E-state index contributed by atoms with van der Waals surface area (Å²) in [5.41, 5.74) is 1.77. The molecule has 0 atom stereocenters. The van der Waals surface area contributed by atoms with Gasteiger partial charge in [-0.15, -0.1) is 11.8 Å². The lowest BCUT2D eigenvalue weighted by atomic mass is 10.2. The number of halogens is 1. The van der Waals surface area contributed by atoms with Gasteiger partial charge in [0.15, 0.2) is 0 Å². The predicted octanol–water partition coefficient (Wildman–Crippen LogP) is 3.24. The van der Waals surface area contributed by atoms with Gasteiger partial charge in [0.2, 0.25) is 5.91 Å². The average Bonchev–Trinajstić information content (AvgIpc) is 2.52. The van der Waals surface area contributed by atoms with Gasteiger partial charge in [0.05, 0.1) is 12.4 Å². The monoisotopic (exact) mass is 321 g/mol. The molecule has 0 aliphatic carbocycles. The topological polar surface area (TPSA) is 49.3 Å². The molecule has 2 aromatic carbocycles. The fourth-order valence-electron chi connectivity index (χ4n) is 1.73. The number of carbonyl (C=O) groups is 1. The number of carbonyl (C=O) groups excluding carboxylic acids is 1. The molecule has 5 heteroatoms. The van der Waals surface area contributed by atoms with Crippen LogP contribution in [0.25, 0.3) is 0 Å². The largest absolute Gasteiger partial charge is 0.392 e. The highest BCUT2D eigenvalue weighted by atomic mass is 35.5. The Morgan fingerprint density at radius 3 is 2.52 bits per heavy atom. The van der Waals surface area contributed by atoms with E-state index in [0.29, 0.717) is 17.3 Å². The highest BCUT2D eigenvalue weighted by molar-refractivity contribution is 8.00. The summed E-state index contributed by atoms with van der Waals surface area (Å²) in [6.45, 7) is 0.464. The first-order valence-electron chi connectivity index (χ1n) is 6.52. The minimum Gasteiger partial charge on any atom is -0.392 e. The van der Waals surface area contributed by atoms with Gasteiger partial charge in [0.1, 0.15) is 0 Å². The summed E-state index contributed by atoms with van der Waals surface area (Å²) in [5.74, 6) is 0.314. The van der Waals surface area contributed by atoms with E-state index in [1.807, 2.05) is 42.5 Å². The number of benzene rings is 2. The molecule has 0 unspecified atom stereocenters. The van der Waals surface area contributed by atoms with E-state index < -0.39 is 0 Å². The van der Waals surface area contributed by atoms with Crippen molar-refractivity contribution < 1.29 is 9.90 Å². The van der Waals surface area contributed by atoms with Crippen LogP contribution in [0.2, 0.25) is 5.02 Å². The Hall–Kier alpha value is -1.49. The van der Waals surface area contributed by atoms with Crippen molar-refractivity contribution in [1.29, 1.82) is 0 Å². The van der Waals surface area contributed by atoms with Crippen LogP contribution in [0.3, 0.4) is 0 Å². The summed E-state index contributed by atoms with van der Waals surface area (Å²) < 4.78 is 0. The second kappa shape index (κ2) is 8.08. The first-order chi connectivity index (χ1) is 10.2. The molecule has 2 N–H and O–H groups in total. The van der Waals surface area contributed by atoms with Gasteiger partial charge >= 0.3 is 0 Å². The van der Waals surface area contributed by atoms with E-state index >= 15 is 0 Å². The zero-order valence-electron chi connectivity index (χ0n) is 11.4. The van der Waals surface area contributed by atoms with Crippen molar-refractivity contribution in [2.75, 3.05) is 5.75 Å². The molecule has 21 heavy (non-hydrogen) atoms. The van der Waals surface area contributed by atoms with Crippen molar-refractivity contribution in [3.05, 3.63) is 64.7 Å². The summed E-state index contributed by atoms with van der Waals surface area (Å²) in [5, 5.41) is 12.5. The molecule has 0 saturated carbocycles. The molecule has 0 aromatic heterocycles. The maximum atomic E-state index is 11.8. The van der Waals surface area contributed by atoms with E-state index in [9.17, 15) is 4.79 Å². The van der Waals surface area contributed by atoms with Gasteiger partial charge in [-0.2, -0.15) is 0 Å². The Kier molecular flexibility index (Phi) is 6.11.